The molecule has 0 spiro atoms. The second-order valence-electron chi connectivity index (χ2n) is 6.27. The minimum absolute atomic E-state index is 0.662. The minimum Gasteiger partial charge on any atom is -0.356 e. The molecule has 0 amide bonds. The fourth-order valence-electron chi connectivity index (χ4n) is 3.40. The number of aromatic nitrogens is 1. The number of hydrogen-bond acceptors (Lipinski definition) is 4. The molecule has 0 aliphatic carbocycles. The van der Waals surface area contributed by atoms with Crippen molar-refractivity contribution in [1.82, 2.24) is 20.1 Å². The highest BCUT2D eigenvalue weighted by Gasteiger charge is 2.24. The molecule has 0 aromatic carbocycles. The molecule has 0 radical (unpaired) electrons. The summed E-state index contributed by atoms with van der Waals surface area (Å²) in [6.07, 6.45) is 3.63. The topological polar surface area (TPSA) is 43.8 Å². The van der Waals surface area contributed by atoms with Gasteiger partial charge in [0.1, 0.15) is 0 Å². The van der Waals surface area contributed by atoms with E-state index in [-0.39, 0.29) is 0 Å². The predicted octanol–water partition coefficient (Wildman–Crippen LogP) is 2.29. The summed E-state index contributed by atoms with van der Waals surface area (Å²) < 4.78 is 0. The number of rotatable bonds is 6. The quantitative estimate of drug-likeness (QED) is 0.639. The first-order valence-electron chi connectivity index (χ1n) is 8.63. The van der Waals surface area contributed by atoms with Crippen molar-refractivity contribution in [1.29, 1.82) is 0 Å². The fraction of sp³-hybridized carbons (Fsp3) is 0.765. The number of guanidine groups is 1. The number of aryl methyl sites for hydroxylation is 2. The average Bonchev–Trinajstić information content (AvgIpc) is 3.09. The van der Waals surface area contributed by atoms with Crippen molar-refractivity contribution < 1.29 is 0 Å². The zero-order chi connectivity index (χ0) is 16.8. The third-order valence-electron chi connectivity index (χ3n) is 4.60. The third kappa shape index (κ3) is 4.91. The molecule has 1 atom stereocenters. The zero-order valence-corrected chi connectivity index (χ0v) is 16.0. The van der Waals surface area contributed by atoms with Crippen molar-refractivity contribution in [3.63, 3.8) is 0 Å². The van der Waals surface area contributed by atoms with Gasteiger partial charge in [0.15, 0.2) is 5.96 Å². The SMILES string of the molecule is CCN1CCCC1CN(C)C(=NC)NCCc1sc(C)nc1C. The Kier molecular flexibility index (Phi) is 6.84. The monoisotopic (exact) mass is 337 g/mol. The lowest BCUT2D eigenvalue weighted by atomic mass is 10.2. The molecule has 1 aliphatic rings. The first-order chi connectivity index (χ1) is 11.0. The number of likely N-dealkylation sites (tertiary alicyclic amines) is 1. The van der Waals surface area contributed by atoms with Gasteiger partial charge < -0.3 is 10.2 Å². The maximum Gasteiger partial charge on any atom is 0.193 e. The molecular formula is C17H31N5S. The summed E-state index contributed by atoms with van der Waals surface area (Å²) in [5.74, 6) is 0.992. The van der Waals surface area contributed by atoms with Crippen molar-refractivity contribution in [2.45, 2.75) is 46.1 Å². The van der Waals surface area contributed by atoms with Gasteiger partial charge >= 0.3 is 0 Å². The number of aliphatic imine (C=N–C) groups is 1. The smallest absolute Gasteiger partial charge is 0.193 e. The molecule has 0 saturated carbocycles. The highest BCUT2D eigenvalue weighted by atomic mass is 32.1. The van der Waals surface area contributed by atoms with Crippen LogP contribution in [0.25, 0.3) is 0 Å². The molecule has 1 N–H and O–H groups in total. The Balaban J connectivity index is 1.81. The van der Waals surface area contributed by atoms with Gasteiger partial charge in [0.05, 0.1) is 10.7 Å². The Morgan fingerprint density at radius 1 is 1.48 bits per heavy atom. The van der Waals surface area contributed by atoms with E-state index in [0.717, 1.165) is 37.0 Å². The van der Waals surface area contributed by atoms with Gasteiger partial charge in [-0.25, -0.2) is 4.98 Å². The van der Waals surface area contributed by atoms with E-state index in [2.05, 4.69) is 52.9 Å². The molecule has 0 bridgehead atoms. The van der Waals surface area contributed by atoms with Gasteiger partial charge in [0.25, 0.3) is 0 Å². The fourth-order valence-corrected chi connectivity index (χ4v) is 4.34. The van der Waals surface area contributed by atoms with Crippen LogP contribution in [-0.4, -0.2) is 67.1 Å². The van der Waals surface area contributed by atoms with E-state index in [1.165, 1.54) is 30.0 Å². The minimum atomic E-state index is 0.662. The van der Waals surface area contributed by atoms with Crippen LogP contribution in [0.1, 0.15) is 35.3 Å². The molecule has 23 heavy (non-hydrogen) atoms. The van der Waals surface area contributed by atoms with E-state index in [0.29, 0.717) is 6.04 Å². The van der Waals surface area contributed by atoms with Crippen LogP contribution in [-0.2, 0) is 6.42 Å². The van der Waals surface area contributed by atoms with Crippen LogP contribution in [0.4, 0.5) is 0 Å². The Morgan fingerprint density at radius 2 is 2.26 bits per heavy atom. The molecular weight excluding hydrogens is 306 g/mol. The Labute approximate surface area is 144 Å². The summed E-state index contributed by atoms with van der Waals surface area (Å²) in [4.78, 5) is 15.2. The largest absolute Gasteiger partial charge is 0.356 e. The van der Waals surface area contributed by atoms with Crippen molar-refractivity contribution in [2.75, 3.05) is 40.3 Å². The highest BCUT2D eigenvalue weighted by Crippen LogP contribution is 2.18. The van der Waals surface area contributed by atoms with E-state index < -0.39 is 0 Å². The van der Waals surface area contributed by atoms with Crippen LogP contribution in [0.3, 0.4) is 0 Å². The molecule has 1 fully saturated rings. The first-order valence-corrected chi connectivity index (χ1v) is 9.45. The number of nitrogens with one attached hydrogen (secondary N) is 1. The standard InChI is InChI=1S/C17H31N5S/c1-6-22-11-7-8-15(22)12-21(5)17(18-4)19-10-9-16-13(2)20-14(3)23-16/h15H,6-12H2,1-5H3,(H,18,19). The van der Waals surface area contributed by atoms with Gasteiger partial charge in [0.2, 0.25) is 0 Å². The predicted molar refractivity (Wildman–Crippen MR) is 99.6 cm³/mol. The molecule has 1 aromatic heterocycles. The number of likely N-dealkylation sites (N-methyl/N-ethyl adjacent to an activating group) is 2. The maximum atomic E-state index is 4.49. The Hall–Kier alpha value is -1.14. The van der Waals surface area contributed by atoms with E-state index in [9.17, 15) is 0 Å². The second kappa shape index (κ2) is 8.64. The number of thiazole rings is 1. The van der Waals surface area contributed by atoms with Crippen LogP contribution in [0.2, 0.25) is 0 Å². The Bertz CT molecular complexity index is 525. The van der Waals surface area contributed by atoms with Crippen LogP contribution in [0.5, 0.6) is 0 Å². The summed E-state index contributed by atoms with van der Waals surface area (Å²) in [5, 5.41) is 4.65. The lowest BCUT2D eigenvalue weighted by Gasteiger charge is -2.29. The van der Waals surface area contributed by atoms with Gasteiger partial charge in [-0.3, -0.25) is 9.89 Å². The number of nitrogens with zero attached hydrogens (tertiary/aromatic N) is 4. The molecule has 2 rings (SSSR count). The van der Waals surface area contributed by atoms with Crippen LogP contribution in [0, 0.1) is 13.8 Å². The molecule has 1 aliphatic heterocycles. The molecule has 1 unspecified atom stereocenters. The lowest BCUT2D eigenvalue weighted by molar-refractivity contribution is 0.233. The van der Waals surface area contributed by atoms with Gasteiger partial charge in [-0.2, -0.15) is 0 Å². The molecule has 1 saturated heterocycles. The van der Waals surface area contributed by atoms with Crippen LogP contribution < -0.4 is 5.32 Å². The highest BCUT2D eigenvalue weighted by molar-refractivity contribution is 7.11. The normalized spacial score (nSPS) is 19.3. The first kappa shape index (κ1) is 18.2. The average molecular weight is 338 g/mol. The van der Waals surface area contributed by atoms with Gasteiger partial charge in [0, 0.05) is 44.5 Å². The van der Waals surface area contributed by atoms with E-state index >= 15 is 0 Å². The molecule has 2 heterocycles. The second-order valence-corrected chi connectivity index (χ2v) is 7.56. The third-order valence-corrected chi connectivity index (χ3v) is 5.73. The molecule has 6 heteroatoms. The molecule has 1 aromatic rings. The van der Waals surface area contributed by atoms with E-state index in [1.807, 2.05) is 7.05 Å². The summed E-state index contributed by atoms with van der Waals surface area (Å²) >= 11 is 1.80. The summed E-state index contributed by atoms with van der Waals surface area (Å²) in [6.45, 7) is 10.8. The molecule has 5 nitrogen and oxygen atoms in total. The summed E-state index contributed by atoms with van der Waals surface area (Å²) in [5.41, 5.74) is 1.17. The van der Waals surface area contributed by atoms with Crippen molar-refractivity contribution >= 4 is 17.3 Å². The van der Waals surface area contributed by atoms with Gasteiger partial charge in [-0.05, 0) is 39.8 Å². The van der Waals surface area contributed by atoms with Crippen LogP contribution >= 0.6 is 11.3 Å². The van der Waals surface area contributed by atoms with E-state index in [1.54, 1.807) is 11.3 Å². The lowest BCUT2D eigenvalue weighted by Crippen LogP contribution is -2.46. The van der Waals surface area contributed by atoms with Crippen molar-refractivity contribution in [2.24, 2.45) is 4.99 Å². The van der Waals surface area contributed by atoms with Gasteiger partial charge in [-0.15, -0.1) is 11.3 Å². The van der Waals surface area contributed by atoms with Gasteiger partial charge in [-0.1, -0.05) is 6.92 Å². The van der Waals surface area contributed by atoms with Crippen LogP contribution in [0.15, 0.2) is 4.99 Å². The zero-order valence-electron chi connectivity index (χ0n) is 15.2. The number of hydrogen-bond donors (Lipinski definition) is 1. The summed E-state index contributed by atoms with van der Waals surface area (Å²) in [7, 11) is 4.01. The van der Waals surface area contributed by atoms with Crippen molar-refractivity contribution in [3.8, 4) is 0 Å². The molecule has 130 valence electrons. The summed E-state index contributed by atoms with van der Waals surface area (Å²) in [6, 6.07) is 0.662. The maximum absolute atomic E-state index is 4.49. The Morgan fingerprint density at radius 3 is 2.87 bits per heavy atom. The van der Waals surface area contributed by atoms with Crippen molar-refractivity contribution in [3.05, 3.63) is 15.6 Å². The van der Waals surface area contributed by atoms with E-state index in [4.69, 9.17) is 0 Å².